The van der Waals surface area contributed by atoms with Gasteiger partial charge in [-0.2, -0.15) is 4.98 Å². The molecule has 2 heterocycles. The molecule has 8 heteroatoms. The van der Waals surface area contributed by atoms with Gasteiger partial charge in [-0.25, -0.2) is 5.10 Å². The van der Waals surface area contributed by atoms with E-state index in [0.717, 1.165) is 0 Å². The van der Waals surface area contributed by atoms with Gasteiger partial charge < -0.3 is 9.72 Å². The summed E-state index contributed by atoms with van der Waals surface area (Å²) in [6, 6.07) is 1.70. The Bertz CT molecular complexity index is 521. The van der Waals surface area contributed by atoms with E-state index in [9.17, 15) is 4.79 Å². The van der Waals surface area contributed by atoms with Gasteiger partial charge >= 0.3 is 6.01 Å². The number of nitrogens with one attached hydrogen (secondary N) is 3. The van der Waals surface area contributed by atoms with Crippen LogP contribution in [0.15, 0.2) is 12.3 Å². The van der Waals surface area contributed by atoms with Crippen LogP contribution >= 0.6 is 11.6 Å². The molecule has 0 bridgehead atoms. The zero-order valence-corrected chi connectivity index (χ0v) is 9.71. The van der Waals surface area contributed by atoms with E-state index in [-0.39, 0.29) is 17.9 Å². The summed E-state index contributed by atoms with van der Waals surface area (Å²) in [4.78, 5) is 18.3. The van der Waals surface area contributed by atoms with Crippen LogP contribution in [0.5, 0.6) is 6.01 Å². The summed E-state index contributed by atoms with van der Waals surface area (Å²) in [6.45, 7) is 2.27. The molecule has 0 aliphatic carbocycles. The first kappa shape index (κ1) is 11.5. The molecule has 0 saturated carbocycles. The molecular formula is C9H10ClN5O2. The monoisotopic (exact) mass is 255 g/mol. The number of hydrogen-bond acceptors (Lipinski definition) is 4. The molecule has 0 aliphatic rings. The van der Waals surface area contributed by atoms with Crippen molar-refractivity contribution in [2.75, 3.05) is 11.9 Å². The standard InChI is InChI=1S/C9H10ClN5O2/c1-2-17-9-13-8(14-15-9)12-7(16)6-3-5(10)4-11-6/h3-4,11H,2H2,1H3,(H2,12,13,14,15,16). The highest BCUT2D eigenvalue weighted by molar-refractivity contribution is 6.31. The fourth-order valence-corrected chi connectivity index (χ4v) is 1.33. The van der Waals surface area contributed by atoms with Crippen LogP contribution in [0, 0.1) is 0 Å². The normalized spacial score (nSPS) is 10.2. The molecule has 0 fully saturated rings. The minimum absolute atomic E-state index is 0.187. The summed E-state index contributed by atoms with van der Waals surface area (Å²) in [7, 11) is 0. The van der Waals surface area contributed by atoms with Crippen molar-refractivity contribution in [2.45, 2.75) is 6.92 Å². The molecule has 2 rings (SSSR count). The van der Waals surface area contributed by atoms with Crippen LogP contribution in [-0.4, -0.2) is 32.7 Å². The molecule has 2 aromatic rings. The smallest absolute Gasteiger partial charge is 0.337 e. The van der Waals surface area contributed by atoms with Gasteiger partial charge in [-0.15, -0.1) is 5.10 Å². The first-order valence-electron chi connectivity index (χ1n) is 4.89. The lowest BCUT2D eigenvalue weighted by atomic mass is 10.4. The lowest BCUT2D eigenvalue weighted by Crippen LogP contribution is -2.13. The van der Waals surface area contributed by atoms with Gasteiger partial charge in [0.25, 0.3) is 5.91 Å². The number of hydrogen-bond donors (Lipinski definition) is 3. The van der Waals surface area contributed by atoms with Gasteiger partial charge in [0.2, 0.25) is 5.95 Å². The maximum absolute atomic E-state index is 11.7. The van der Waals surface area contributed by atoms with Crippen LogP contribution in [0.2, 0.25) is 5.02 Å². The molecule has 0 aliphatic heterocycles. The van der Waals surface area contributed by atoms with Crippen molar-refractivity contribution in [3.05, 3.63) is 23.0 Å². The third-order valence-electron chi connectivity index (χ3n) is 1.86. The van der Waals surface area contributed by atoms with E-state index in [2.05, 4.69) is 25.5 Å². The fourth-order valence-electron chi connectivity index (χ4n) is 1.17. The molecule has 0 radical (unpaired) electrons. The summed E-state index contributed by atoms with van der Waals surface area (Å²) >= 11 is 5.69. The third kappa shape index (κ3) is 2.76. The molecule has 3 N–H and O–H groups in total. The molecule has 0 saturated heterocycles. The maximum Gasteiger partial charge on any atom is 0.337 e. The minimum Gasteiger partial charge on any atom is -0.463 e. The fraction of sp³-hybridized carbons (Fsp3) is 0.222. The minimum atomic E-state index is -0.365. The van der Waals surface area contributed by atoms with Crippen molar-refractivity contribution < 1.29 is 9.53 Å². The Morgan fingerprint density at radius 1 is 1.65 bits per heavy atom. The van der Waals surface area contributed by atoms with E-state index in [0.29, 0.717) is 17.3 Å². The topological polar surface area (TPSA) is 95.7 Å². The van der Waals surface area contributed by atoms with Gasteiger partial charge in [0, 0.05) is 6.20 Å². The zero-order valence-electron chi connectivity index (χ0n) is 8.95. The van der Waals surface area contributed by atoms with E-state index >= 15 is 0 Å². The Labute approximate surface area is 102 Å². The number of rotatable bonds is 4. The number of carbonyl (C=O) groups excluding carboxylic acids is 1. The summed E-state index contributed by atoms with van der Waals surface area (Å²) in [5.41, 5.74) is 0.337. The van der Waals surface area contributed by atoms with Crippen LogP contribution in [0.3, 0.4) is 0 Å². The second kappa shape index (κ2) is 4.88. The number of anilines is 1. The first-order chi connectivity index (χ1) is 8.19. The first-order valence-corrected chi connectivity index (χ1v) is 5.27. The molecule has 0 atom stereocenters. The van der Waals surface area contributed by atoms with Crippen LogP contribution in [0.25, 0.3) is 0 Å². The average Bonchev–Trinajstić information content (AvgIpc) is 2.88. The quantitative estimate of drug-likeness (QED) is 0.770. The number of halogens is 1. The SMILES string of the molecule is CCOc1n[nH]c(NC(=O)c2cc(Cl)c[nH]2)n1. The maximum atomic E-state index is 11.7. The molecule has 0 unspecified atom stereocenters. The Morgan fingerprint density at radius 3 is 3.12 bits per heavy atom. The molecule has 7 nitrogen and oxygen atoms in total. The number of aromatic nitrogens is 4. The molecule has 1 amide bonds. The van der Waals surface area contributed by atoms with Crippen LogP contribution in [-0.2, 0) is 0 Å². The van der Waals surface area contributed by atoms with Crippen molar-refractivity contribution in [1.29, 1.82) is 0 Å². The second-order valence-electron chi connectivity index (χ2n) is 3.09. The molecule has 2 aromatic heterocycles. The number of H-pyrrole nitrogens is 2. The van der Waals surface area contributed by atoms with Crippen molar-refractivity contribution in [1.82, 2.24) is 20.2 Å². The van der Waals surface area contributed by atoms with Crippen LogP contribution in [0.4, 0.5) is 5.95 Å². The van der Waals surface area contributed by atoms with Crippen molar-refractivity contribution in [3.8, 4) is 6.01 Å². The highest BCUT2D eigenvalue weighted by atomic mass is 35.5. The number of ether oxygens (including phenoxy) is 1. The average molecular weight is 256 g/mol. The Kier molecular flexibility index (Phi) is 3.29. The van der Waals surface area contributed by atoms with E-state index in [4.69, 9.17) is 16.3 Å². The van der Waals surface area contributed by atoms with Gasteiger partial charge in [0.1, 0.15) is 5.69 Å². The Hall–Kier alpha value is -2.02. The van der Waals surface area contributed by atoms with Gasteiger partial charge in [0.15, 0.2) is 0 Å². The van der Waals surface area contributed by atoms with Gasteiger partial charge in [-0.1, -0.05) is 11.6 Å². The van der Waals surface area contributed by atoms with E-state index in [1.807, 2.05) is 6.92 Å². The van der Waals surface area contributed by atoms with Crippen molar-refractivity contribution in [2.24, 2.45) is 0 Å². The predicted octanol–water partition coefficient (Wildman–Crippen LogP) is 1.44. The van der Waals surface area contributed by atoms with Gasteiger partial charge in [0.05, 0.1) is 11.6 Å². The van der Waals surface area contributed by atoms with E-state index in [1.54, 1.807) is 0 Å². The highest BCUT2D eigenvalue weighted by Crippen LogP contribution is 2.11. The highest BCUT2D eigenvalue weighted by Gasteiger charge is 2.11. The number of aromatic amines is 2. The largest absolute Gasteiger partial charge is 0.463 e. The van der Waals surface area contributed by atoms with Crippen molar-refractivity contribution in [3.63, 3.8) is 0 Å². The van der Waals surface area contributed by atoms with Gasteiger partial charge in [-0.05, 0) is 13.0 Å². The molecule has 17 heavy (non-hydrogen) atoms. The lowest BCUT2D eigenvalue weighted by Gasteiger charge is -1.97. The summed E-state index contributed by atoms with van der Waals surface area (Å²) < 4.78 is 5.04. The van der Waals surface area contributed by atoms with Gasteiger partial charge in [-0.3, -0.25) is 10.1 Å². The van der Waals surface area contributed by atoms with Crippen molar-refractivity contribution >= 4 is 23.5 Å². The third-order valence-corrected chi connectivity index (χ3v) is 2.08. The summed E-state index contributed by atoms with van der Waals surface area (Å²) in [5.74, 6) is -0.153. The zero-order chi connectivity index (χ0) is 12.3. The number of carbonyl (C=O) groups is 1. The second-order valence-corrected chi connectivity index (χ2v) is 3.52. The van der Waals surface area contributed by atoms with Crippen LogP contribution in [0.1, 0.15) is 17.4 Å². The Morgan fingerprint density at radius 2 is 2.47 bits per heavy atom. The summed E-state index contributed by atoms with van der Waals surface area (Å²) in [5, 5.41) is 9.25. The molecule has 90 valence electrons. The number of amides is 1. The van der Waals surface area contributed by atoms with E-state index < -0.39 is 0 Å². The molecular weight excluding hydrogens is 246 g/mol. The molecule has 0 spiro atoms. The summed E-state index contributed by atoms with van der Waals surface area (Å²) in [6.07, 6.45) is 1.52. The number of nitrogens with zero attached hydrogens (tertiary/aromatic N) is 2. The van der Waals surface area contributed by atoms with E-state index in [1.165, 1.54) is 12.3 Å². The van der Waals surface area contributed by atoms with Crippen LogP contribution < -0.4 is 10.1 Å². The molecule has 0 aromatic carbocycles. The Balaban J connectivity index is 2.02. The lowest BCUT2D eigenvalue weighted by molar-refractivity contribution is 0.102. The predicted molar refractivity (Wildman–Crippen MR) is 61.3 cm³/mol.